The number of aromatic nitrogens is 2. The van der Waals surface area contributed by atoms with E-state index in [2.05, 4.69) is 70.4 Å². The standard InChI is InChI=1S/C19H21N3S/c1-15-5-3-6-17(13-15)9-8-16(2)22(19-10-11-20-21-19)14-18-7-4-12-23-18/h3-7,10-13H,2,8-9,14H2,1H3,(H,20,21). The van der Waals surface area contributed by atoms with Crippen LogP contribution in [0.3, 0.4) is 0 Å². The molecule has 2 aromatic heterocycles. The SMILES string of the molecule is C=C(CCc1cccc(C)c1)N(Cc1cccs1)c1ccn[nH]1. The second-order valence-corrected chi connectivity index (χ2v) is 6.69. The predicted octanol–water partition coefficient (Wildman–Crippen LogP) is 4.93. The highest BCUT2D eigenvalue weighted by Crippen LogP contribution is 2.23. The van der Waals surface area contributed by atoms with E-state index in [4.69, 9.17) is 0 Å². The summed E-state index contributed by atoms with van der Waals surface area (Å²) >= 11 is 1.77. The summed E-state index contributed by atoms with van der Waals surface area (Å²) in [4.78, 5) is 3.53. The molecule has 118 valence electrons. The molecule has 0 aliphatic heterocycles. The van der Waals surface area contributed by atoms with Gasteiger partial charge in [0.2, 0.25) is 0 Å². The van der Waals surface area contributed by atoms with Gasteiger partial charge in [-0.25, -0.2) is 0 Å². The summed E-state index contributed by atoms with van der Waals surface area (Å²) in [5.74, 6) is 0.993. The lowest BCUT2D eigenvalue weighted by molar-refractivity contribution is 0.816. The fourth-order valence-corrected chi connectivity index (χ4v) is 3.31. The fourth-order valence-electron chi connectivity index (χ4n) is 2.62. The van der Waals surface area contributed by atoms with Crippen LogP contribution in [0, 0.1) is 6.92 Å². The van der Waals surface area contributed by atoms with Crippen LogP contribution in [0.4, 0.5) is 5.82 Å². The number of thiophene rings is 1. The Kier molecular flexibility index (Phi) is 4.93. The Bertz CT molecular complexity index is 745. The molecule has 2 heterocycles. The quantitative estimate of drug-likeness (QED) is 0.668. The van der Waals surface area contributed by atoms with E-state index in [9.17, 15) is 0 Å². The molecule has 0 spiro atoms. The van der Waals surface area contributed by atoms with Crippen molar-refractivity contribution in [3.05, 3.63) is 82.3 Å². The van der Waals surface area contributed by atoms with E-state index in [0.717, 1.165) is 30.9 Å². The molecule has 0 aliphatic carbocycles. The van der Waals surface area contributed by atoms with Gasteiger partial charge in [-0.15, -0.1) is 11.3 Å². The molecule has 0 atom stereocenters. The molecule has 3 nitrogen and oxygen atoms in total. The maximum absolute atomic E-state index is 4.31. The maximum atomic E-state index is 4.31. The zero-order valence-corrected chi connectivity index (χ0v) is 14.1. The first kappa shape index (κ1) is 15.6. The van der Waals surface area contributed by atoms with Crippen LogP contribution < -0.4 is 4.90 Å². The number of anilines is 1. The molecule has 0 bridgehead atoms. The van der Waals surface area contributed by atoms with Crippen molar-refractivity contribution in [1.82, 2.24) is 10.2 Å². The molecule has 3 aromatic rings. The molecule has 3 rings (SSSR count). The van der Waals surface area contributed by atoms with Crippen molar-refractivity contribution in [3.8, 4) is 0 Å². The lowest BCUT2D eigenvalue weighted by Crippen LogP contribution is -2.21. The summed E-state index contributed by atoms with van der Waals surface area (Å²) in [6, 6.07) is 14.9. The number of hydrogen-bond donors (Lipinski definition) is 1. The van der Waals surface area contributed by atoms with Crippen molar-refractivity contribution in [2.45, 2.75) is 26.3 Å². The van der Waals surface area contributed by atoms with Gasteiger partial charge in [-0.05, 0) is 36.8 Å². The molecule has 23 heavy (non-hydrogen) atoms. The zero-order chi connectivity index (χ0) is 16.1. The number of rotatable bonds is 7. The van der Waals surface area contributed by atoms with Crippen molar-refractivity contribution in [3.63, 3.8) is 0 Å². The Morgan fingerprint density at radius 1 is 1.26 bits per heavy atom. The molecule has 1 aromatic carbocycles. The Morgan fingerprint density at radius 2 is 2.17 bits per heavy atom. The van der Waals surface area contributed by atoms with Gasteiger partial charge in [-0.3, -0.25) is 5.10 Å². The number of H-pyrrole nitrogens is 1. The van der Waals surface area contributed by atoms with E-state index in [0.29, 0.717) is 0 Å². The lowest BCUT2D eigenvalue weighted by atomic mass is 10.1. The molecular formula is C19H21N3S. The molecule has 1 N–H and O–H groups in total. The van der Waals surface area contributed by atoms with Crippen molar-refractivity contribution >= 4 is 17.2 Å². The molecule has 0 aliphatic rings. The average Bonchev–Trinajstić information content (AvgIpc) is 3.23. The van der Waals surface area contributed by atoms with Crippen molar-refractivity contribution < 1.29 is 0 Å². The molecular weight excluding hydrogens is 302 g/mol. The van der Waals surface area contributed by atoms with E-state index in [1.54, 1.807) is 17.5 Å². The fraction of sp³-hybridized carbons (Fsp3) is 0.211. The minimum Gasteiger partial charge on any atom is -0.326 e. The first-order valence-electron chi connectivity index (χ1n) is 7.75. The highest BCUT2D eigenvalue weighted by atomic mass is 32.1. The second-order valence-electron chi connectivity index (χ2n) is 5.66. The Hall–Kier alpha value is -2.33. The van der Waals surface area contributed by atoms with Crippen LogP contribution in [0.1, 0.15) is 22.4 Å². The summed E-state index contributed by atoms with van der Waals surface area (Å²) in [6.45, 7) is 7.27. The second kappa shape index (κ2) is 7.29. The third kappa shape index (κ3) is 4.11. The summed E-state index contributed by atoms with van der Waals surface area (Å²) in [7, 11) is 0. The Balaban J connectivity index is 1.70. The number of nitrogens with one attached hydrogen (secondary N) is 1. The van der Waals surface area contributed by atoms with Crippen LogP contribution in [0.15, 0.2) is 66.3 Å². The molecule has 0 fully saturated rings. The van der Waals surface area contributed by atoms with Crippen LogP contribution in [-0.2, 0) is 13.0 Å². The van der Waals surface area contributed by atoms with Gasteiger partial charge in [0.1, 0.15) is 5.82 Å². The zero-order valence-electron chi connectivity index (χ0n) is 13.3. The van der Waals surface area contributed by atoms with Crippen LogP contribution in [-0.4, -0.2) is 10.2 Å². The molecule has 0 saturated carbocycles. The minimum absolute atomic E-state index is 0.826. The summed E-state index contributed by atoms with van der Waals surface area (Å²) < 4.78 is 0. The van der Waals surface area contributed by atoms with Crippen LogP contribution in [0.5, 0.6) is 0 Å². The summed E-state index contributed by atoms with van der Waals surface area (Å²) in [5, 5.41) is 9.24. The van der Waals surface area contributed by atoms with Crippen LogP contribution in [0.2, 0.25) is 0 Å². The average molecular weight is 323 g/mol. The van der Waals surface area contributed by atoms with Crippen molar-refractivity contribution in [2.75, 3.05) is 4.90 Å². The molecule has 0 saturated heterocycles. The Morgan fingerprint density at radius 3 is 2.87 bits per heavy atom. The summed E-state index contributed by atoms with van der Waals surface area (Å²) in [6.07, 6.45) is 3.70. The van der Waals surface area contributed by atoms with Gasteiger partial charge in [0.15, 0.2) is 0 Å². The normalized spacial score (nSPS) is 10.7. The number of allylic oxidation sites excluding steroid dienone is 1. The van der Waals surface area contributed by atoms with E-state index < -0.39 is 0 Å². The highest BCUT2D eigenvalue weighted by Gasteiger charge is 2.13. The van der Waals surface area contributed by atoms with E-state index in [1.165, 1.54) is 16.0 Å². The topological polar surface area (TPSA) is 31.9 Å². The van der Waals surface area contributed by atoms with Gasteiger partial charge in [-0.1, -0.05) is 42.5 Å². The number of aromatic amines is 1. The monoisotopic (exact) mass is 323 g/mol. The summed E-state index contributed by atoms with van der Waals surface area (Å²) in [5.41, 5.74) is 3.76. The van der Waals surface area contributed by atoms with Gasteiger partial charge in [-0.2, -0.15) is 5.10 Å². The Labute approximate surface area is 141 Å². The van der Waals surface area contributed by atoms with Crippen molar-refractivity contribution in [1.29, 1.82) is 0 Å². The van der Waals surface area contributed by atoms with Crippen molar-refractivity contribution in [2.24, 2.45) is 0 Å². The van der Waals surface area contributed by atoms with E-state index in [1.807, 2.05) is 6.07 Å². The number of hydrogen-bond acceptors (Lipinski definition) is 3. The predicted molar refractivity (Wildman–Crippen MR) is 97.7 cm³/mol. The van der Waals surface area contributed by atoms with Gasteiger partial charge in [0.25, 0.3) is 0 Å². The maximum Gasteiger partial charge on any atom is 0.128 e. The lowest BCUT2D eigenvalue weighted by Gasteiger charge is -2.24. The van der Waals surface area contributed by atoms with E-state index in [-0.39, 0.29) is 0 Å². The highest BCUT2D eigenvalue weighted by molar-refractivity contribution is 7.09. The minimum atomic E-state index is 0.826. The molecule has 0 unspecified atom stereocenters. The molecule has 0 radical (unpaired) electrons. The molecule has 0 amide bonds. The largest absolute Gasteiger partial charge is 0.326 e. The van der Waals surface area contributed by atoms with Gasteiger partial charge in [0.05, 0.1) is 12.7 Å². The van der Waals surface area contributed by atoms with Gasteiger partial charge < -0.3 is 4.90 Å². The third-order valence-electron chi connectivity index (χ3n) is 3.84. The number of benzene rings is 1. The van der Waals surface area contributed by atoms with Gasteiger partial charge >= 0.3 is 0 Å². The molecule has 4 heteroatoms. The third-order valence-corrected chi connectivity index (χ3v) is 4.70. The van der Waals surface area contributed by atoms with E-state index >= 15 is 0 Å². The first-order chi connectivity index (χ1) is 11.2. The van der Waals surface area contributed by atoms with Crippen LogP contribution >= 0.6 is 11.3 Å². The smallest absolute Gasteiger partial charge is 0.128 e. The first-order valence-corrected chi connectivity index (χ1v) is 8.63. The van der Waals surface area contributed by atoms with Crippen LogP contribution in [0.25, 0.3) is 0 Å². The van der Waals surface area contributed by atoms with Gasteiger partial charge in [0, 0.05) is 16.6 Å². The number of aryl methyl sites for hydroxylation is 2. The number of nitrogens with zero attached hydrogens (tertiary/aromatic N) is 2.